The van der Waals surface area contributed by atoms with Crippen molar-refractivity contribution in [3.8, 4) is 5.75 Å². The van der Waals surface area contributed by atoms with Crippen LogP contribution in [0.3, 0.4) is 0 Å². The number of ether oxygens (including phenoxy) is 2. The van der Waals surface area contributed by atoms with E-state index >= 15 is 0 Å². The molecular formula is C26H34O4. The summed E-state index contributed by atoms with van der Waals surface area (Å²) in [4.78, 5) is 11.5. The number of rotatable bonds is 13. The Labute approximate surface area is 180 Å². The van der Waals surface area contributed by atoms with Gasteiger partial charge in [-0.1, -0.05) is 56.3 Å². The third kappa shape index (κ3) is 8.03. The predicted octanol–water partition coefficient (Wildman–Crippen LogP) is 4.85. The molecule has 0 bridgehead atoms. The van der Waals surface area contributed by atoms with Crippen LogP contribution in [0.15, 0.2) is 54.6 Å². The van der Waals surface area contributed by atoms with Crippen molar-refractivity contribution in [2.75, 3.05) is 19.8 Å². The van der Waals surface area contributed by atoms with Gasteiger partial charge in [-0.2, -0.15) is 0 Å². The minimum atomic E-state index is -0.405. The molecule has 0 atom stereocenters. The zero-order valence-corrected chi connectivity index (χ0v) is 18.3. The molecule has 2 aromatic rings. The van der Waals surface area contributed by atoms with Crippen LogP contribution >= 0.6 is 0 Å². The van der Waals surface area contributed by atoms with Crippen LogP contribution in [0.2, 0.25) is 0 Å². The van der Waals surface area contributed by atoms with Crippen LogP contribution in [0.4, 0.5) is 0 Å². The van der Waals surface area contributed by atoms with Gasteiger partial charge in [-0.3, -0.25) is 0 Å². The normalized spacial score (nSPS) is 10.6. The lowest BCUT2D eigenvalue weighted by atomic mass is 9.99. The Morgan fingerprint density at radius 1 is 0.933 bits per heavy atom. The molecule has 4 nitrogen and oxygen atoms in total. The van der Waals surface area contributed by atoms with Crippen LogP contribution in [0.1, 0.15) is 48.9 Å². The van der Waals surface area contributed by atoms with Gasteiger partial charge >= 0.3 is 5.97 Å². The maximum absolute atomic E-state index is 11.5. The fraction of sp³-hybridized carbons (Fsp3) is 0.423. The average molecular weight is 411 g/mol. The van der Waals surface area contributed by atoms with Crippen LogP contribution in [0.5, 0.6) is 5.75 Å². The quantitative estimate of drug-likeness (QED) is 0.291. The Hall–Kier alpha value is -2.59. The molecule has 0 heterocycles. The lowest BCUT2D eigenvalue weighted by molar-refractivity contribution is -0.139. The highest BCUT2D eigenvalue weighted by Crippen LogP contribution is 2.23. The van der Waals surface area contributed by atoms with E-state index in [1.807, 2.05) is 0 Å². The molecule has 0 aromatic heterocycles. The first-order valence-corrected chi connectivity index (χ1v) is 10.8. The fourth-order valence-corrected chi connectivity index (χ4v) is 3.22. The molecule has 0 aliphatic carbocycles. The van der Waals surface area contributed by atoms with Gasteiger partial charge in [0.2, 0.25) is 0 Å². The van der Waals surface area contributed by atoms with E-state index in [9.17, 15) is 4.79 Å². The second-order valence-electron chi connectivity index (χ2n) is 7.60. The van der Waals surface area contributed by atoms with Gasteiger partial charge < -0.3 is 14.6 Å². The van der Waals surface area contributed by atoms with Gasteiger partial charge in [0.25, 0.3) is 0 Å². The molecule has 0 aliphatic rings. The van der Waals surface area contributed by atoms with E-state index in [0.717, 1.165) is 43.4 Å². The number of aliphatic hydroxyl groups is 1. The van der Waals surface area contributed by atoms with E-state index in [2.05, 4.69) is 56.0 Å². The largest absolute Gasteiger partial charge is 0.490 e. The van der Waals surface area contributed by atoms with Crippen LogP contribution in [0, 0.1) is 0 Å². The lowest BCUT2D eigenvalue weighted by Crippen LogP contribution is -2.13. The molecule has 2 rings (SSSR count). The molecule has 0 unspecified atom stereocenters. The summed E-state index contributed by atoms with van der Waals surface area (Å²) < 4.78 is 11.0. The molecule has 0 aliphatic heterocycles. The smallest absolute Gasteiger partial charge is 0.333 e. The van der Waals surface area contributed by atoms with Crippen molar-refractivity contribution < 1.29 is 19.4 Å². The summed E-state index contributed by atoms with van der Waals surface area (Å²) in [6, 6.07) is 15.1. The van der Waals surface area contributed by atoms with E-state index < -0.39 is 5.97 Å². The van der Waals surface area contributed by atoms with Crippen LogP contribution in [-0.2, 0) is 35.2 Å². The summed E-state index contributed by atoms with van der Waals surface area (Å²) in [6.07, 6.45) is 5.61. The average Bonchev–Trinajstić information content (AvgIpc) is 2.75. The summed E-state index contributed by atoms with van der Waals surface area (Å²) >= 11 is 0. The van der Waals surface area contributed by atoms with E-state index in [1.54, 1.807) is 6.92 Å². The monoisotopic (exact) mass is 410 g/mol. The van der Waals surface area contributed by atoms with Gasteiger partial charge in [0, 0.05) is 12.2 Å². The van der Waals surface area contributed by atoms with Crippen molar-refractivity contribution in [2.45, 2.75) is 52.4 Å². The van der Waals surface area contributed by atoms with Crippen molar-refractivity contribution in [1.82, 2.24) is 0 Å². The van der Waals surface area contributed by atoms with Crippen molar-refractivity contribution in [1.29, 1.82) is 0 Å². The van der Waals surface area contributed by atoms with Crippen LogP contribution in [-0.4, -0.2) is 30.9 Å². The molecule has 1 N–H and O–H groups in total. The van der Waals surface area contributed by atoms with E-state index in [-0.39, 0.29) is 19.8 Å². The molecule has 0 amide bonds. The second-order valence-corrected chi connectivity index (χ2v) is 7.60. The van der Waals surface area contributed by atoms with E-state index in [0.29, 0.717) is 12.0 Å². The first-order valence-electron chi connectivity index (χ1n) is 10.8. The Kier molecular flexibility index (Phi) is 10.2. The standard InChI is InChI=1S/C26H34O4/c1-4-6-21-8-10-22(11-9-21)12-13-23-14-15-24(7-5-16-27)25(19-23)29-17-18-30-26(28)20(2)3/h8-11,14-15,19,27H,2,4-7,12-13,16-18H2,1,3H3. The highest BCUT2D eigenvalue weighted by Gasteiger charge is 2.08. The van der Waals surface area contributed by atoms with Gasteiger partial charge in [-0.05, 0) is 67.3 Å². The molecule has 4 heteroatoms. The second kappa shape index (κ2) is 12.9. The first kappa shape index (κ1) is 23.7. The number of esters is 1. The van der Waals surface area contributed by atoms with E-state index in [1.165, 1.54) is 16.7 Å². The Balaban J connectivity index is 1.97. The Bertz CT molecular complexity index is 808. The summed E-state index contributed by atoms with van der Waals surface area (Å²) in [6.45, 7) is 8.00. The number of benzene rings is 2. The number of hydrogen-bond donors (Lipinski definition) is 1. The third-order valence-electron chi connectivity index (χ3n) is 4.92. The number of hydrogen-bond acceptors (Lipinski definition) is 4. The topological polar surface area (TPSA) is 55.8 Å². The molecular weight excluding hydrogens is 376 g/mol. The van der Waals surface area contributed by atoms with Crippen molar-refractivity contribution >= 4 is 5.97 Å². The van der Waals surface area contributed by atoms with Crippen molar-refractivity contribution in [3.05, 3.63) is 76.9 Å². The van der Waals surface area contributed by atoms with E-state index in [4.69, 9.17) is 14.6 Å². The molecule has 0 radical (unpaired) electrons. The summed E-state index contributed by atoms with van der Waals surface area (Å²) in [5.74, 6) is 0.392. The van der Waals surface area contributed by atoms with Gasteiger partial charge in [0.1, 0.15) is 19.0 Å². The highest BCUT2D eigenvalue weighted by atomic mass is 16.6. The van der Waals surface area contributed by atoms with Gasteiger partial charge in [-0.15, -0.1) is 0 Å². The number of aryl methyl sites for hydroxylation is 4. The Morgan fingerprint density at radius 3 is 2.20 bits per heavy atom. The summed E-state index contributed by atoms with van der Waals surface area (Å²) in [5, 5.41) is 9.16. The highest BCUT2D eigenvalue weighted by molar-refractivity contribution is 5.86. The molecule has 162 valence electrons. The van der Waals surface area contributed by atoms with Crippen molar-refractivity contribution in [2.24, 2.45) is 0 Å². The van der Waals surface area contributed by atoms with Gasteiger partial charge in [0.05, 0.1) is 0 Å². The molecule has 0 saturated heterocycles. The summed E-state index contributed by atoms with van der Waals surface area (Å²) in [7, 11) is 0. The maximum Gasteiger partial charge on any atom is 0.333 e. The maximum atomic E-state index is 11.5. The predicted molar refractivity (Wildman–Crippen MR) is 121 cm³/mol. The first-order chi connectivity index (χ1) is 14.5. The minimum absolute atomic E-state index is 0.144. The Morgan fingerprint density at radius 2 is 1.57 bits per heavy atom. The molecule has 0 spiro atoms. The zero-order valence-electron chi connectivity index (χ0n) is 18.3. The lowest BCUT2D eigenvalue weighted by Gasteiger charge is -2.14. The van der Waals surface area contributed by atoms with Gasteiger partial charge in [0.15, 0.2) is 0 Å². The van der Waals surface area contributed by atoms with Gasteiger partial charge in [-0.25, -0.2) is 4.79 Å². The molecule has 0 fully saturated rings. The summed E-state index contributed by atoms with van der Waals surface area (Å²) in [5.41, 5.74) is 5.35. The molecule has 0 saturated carbocycles. The van der Waals surface area contributed by atoms with Crippen LogP contribution < -0.4 is 4.74 Å². The number of carbonyl (C=O) groups excluding carboxylic acids is 1. The zero-order chi connectivity index (χ0) is 21.8. The van der Waals surface area contributed by atoms with Crippen LogP contribution in [0.25, 0.3) is 0 Å². The molecule has 30 heavy (non-hydrogen) atoms. The number of aliphatic hydroxyl groups excluding tert-OH is 1. The molecule has 2 aromatic carbocycles. The fourth-order valence-electron chi connectivity index (χ4n) is 3.22. The minimum Gasteiger partial charge on any atom is -0.490 e. The number of carbonyl (C=O) groups is 1. The SMILES string of the molecule is C=C(C)C(=O)OCCOc1cc(CCc2ccc(CCC)cc2)ccc1CCCO. The van der Waals surface area contributed by atoms with Crippen molar-refractivity contribution in [3.63, 3.8) is 0 Å². The third-order valence-corrected chi connectivity index (χ3v) is 4.92.